The Bertz CT molecular complexity index is 1900. The van der Waals surface area contributed by atoms with Crippen molar-refractivity contribution in [2.24, 2.45) is 0 Å². The van der Waals surface area contributed by atoms with Crippen molar-refractivity contribution < 1.29 is 13.6 Å². The van der Waals surface area contributed by atoms with E-state index in [1.807, 2.05) is 12.3 Å². The first-order chi connectivity index (χ1) is 21.7. The molecule has 230 valence electrons. The molecule has 3 aromatic heterocycles. The molecule has 10 nitrogen and oxygen atoms in total. The van der Waals surface area contributed by atoms with Crippen LogP contribution >= 0.6 is 0 Å². The Morgan fingerprint density at radius 1 is 1.13 bits per heavy atom. The molecule has 0 spiro atoms. The Morgan fingerprint density at radius 2 is 1.93 bits per heavy atom. The molecule has 3 heterocycles. The minimum Gasteiger partial charge on any atom is -0.311 e. The van der Waals surface area contributed by atoms with Gasteiger partial charge in [-0.05, 0) is 98.9 Å². The van der Waals surface area contributed by atoms with Gasteiger partial charge in [-0.15, -0.1) is 10.2 Å². The number of alkyl halides is 2. The molecule has 12 heteroatoms. The fraction of sp³-hybridized carbons (Fsp3) is 0.394. The standard InChI is InChI=1S/C33H32F2N8O2/c1-33(9-2-10-33)37-16-20-12-26(31(45)42(17-20)23-6-7-23)30(44)40-28-14-22(13-27(39-28)21-4-5-21)24-8-3-19(15-36)11-25(24)29-41-38-18-43(29)32(34)35/h3,8,11-14,17-18,21,23,32,37H,2,4-7,9-10,16H2,1H3,(H,39,40,44). The summed E-state index contributed by atoms with van der Waals surface area (Å²) in [5.74, 6) is -0.210. The summed E-state index contributed by atoms with van der Waals surface area (Å²) in [4.78, 5) is 31.9. The molecule has 3 aliphatic carbocycles. The number of anilines is 1. The van der Waals surface area contributed by atoms with E-state index >= 15 is 0 Å². The van der Waals surface area contributed by atoms with Crippen LogP contribution in [0.1, 0.15) is 97.6 Å². The highest BCUT2D eigenvalue weighted by atomic mass is 19.3. The second-order valence-electron chi connectivity index (χ2n) is 12.6. The molecule has 45 heavy (non-hydrogen) atoms. The number of hydrogen-bond acceptors (Lipinski definition) is 7. The van der Waals surface area contributed by atoms with Crippen LogP contribution in [0.3, 0.4) is 0 Å². The molecule has 3 aliphatic rings. The molecule has 2 N–H and O–H groups in total. The minimum absolute atomic E-state index is 0.0456. The molecule has 7 rings (SSSR count). The van der Waals surface area contributed by atoms with Crippen LogP contribution in [0.4, 0.5) is 14.6 Å². The number of rotatable bonds is 10. The summed E-state index contributed by atoms with van der Waals surface area (Å²) in [6, 6.07) is 12.1. The molecule has 0 saturated heterocycles. The van der Waals surface area contributed by atoms with Crippen molar-refractivity contribution in [1.82, 2.24) is 29.6 Å². The van der Waals surface area contributed by atoms with E-state index in [1.54, 1.807) is 28.8 Å². The third-order valence-electron chi connectivity index (χ3n) is 9.03. The number of nitriles is 1. The van der Waals surface area contributed by atoms with E-state index in [-0.39, 0.29) is 45.8 Å². The van der Waals surface area contributed by atoms with Gasteiger partial charge in [0, 0.05) is 41.5 Å². The number of halogens is 2. The number of amides is 1. The van der Waals surface area contributed by atoms with E-state index in [4.69, 9.17) is 4.98 Å². The van der Waals surface area contributed by atoms with Crippen LogP contribution in [0, 0.1) is 11.3 Å². The zero-order valence-electron chi connectivity index (χ0n) is 24.8. The van der Waals surface area contributed by atoms with Gasteiger partial charge < -0.3 is 15.2 Å². The molecule has 0 unspecified atom stereocenters. The predicted molar refractivity (Wildman–Crippen MR) is 163 cm³/mol. The topological polar surface area (TPSA) is 131 Å². The first kappa shape index (κ1) is 29.0. The van der Waals surface area contributed by atoms with Gasteiger partial charge in [0.1, 0.15) is 17.7 Å². The summed E-state index contributed by atoms with van der Waals surface area (Å²) in [7, 11) is 0. The van der Waals surface area contributed by atoms with Crippen molar-refractivity contribution in [2.75, 3.05) is 5.32 Å². The summed E-state index contributed by atoms with van der Waals surface area (Å²) >= 11 is 0. The fourth-order valence-corrected chi connectivity index (χ4v) is 5.92. The summed E-state index contributed by atoms with van der Waals surface area (Å²) in [5.41, 5.74) is 3.09. The first-order valence-corrected chi connectivity index (χ1v) is 15.3. The molecule has 0 aliphatic heterocycles. The van der Waals surface area contributed by atoms with E-state index < -0.39 is 12.5 Å². The van der Waals surface area contributed by atoms with Gasteiger partial charge in [0.2, 0.25) is 0 Å². The van der Waals surface area contributed by atoms with Crippen molar-refractivity contribution in [3.63, 3.8) is 0 Å². The van der Waals surface area contributed by atoms with Crippen LogP contribution in [0.2, 0.25) is 0 Å². The third-order valence-corrected chi connectivity index (χ3v) is 9.03. The highest BCUT2D eigenvalue weighted by molar-refractivity contribution is 6.04. The van der Waals surface area contributed by atoms with Gasteiger partial charge >= 0.3 is 6.55 Å². The lowest BCUT2D eigenvalue weighted by molar-refractivity contribution is 0.0716. The van der Waals surface area contributed by atoms with Crippen LogP contribution in [0.15, 0.2) is 53.7 Å². The number of nitrogens with one attached hydrogen (secondary N) is 2. The molecule has 3 saturated carbocycles. The maximum absolute atomic E-state index is 13.8. The highest BCUT2D eigenvalue weighted by Gasteiger charge is 2.32. The predicted octanol–water partition coefficient (Wildman–Crippen LogP) is 5.93. The maximum atomic E-state index is 13.8. The molecular weight excluding hydrogens is 578 g/mol. The van der Waals surface area contributed by atoms with Gasteiger partial charge in [-0.1, -0.05) is 6.07 Å². The van der Waals surface area contributed by atoms with Gasteiger partial charge in [-0.3, -0.25) is 14.2 Å². The number of aromatic nitrogens is 5. The number of carbonyl (C=O) groups is 1. The highest BCUT2D eigenvalue weighted by Crippen LogP contribution is 2.42. The monoisotopic (exact) mass is 610 g/mol. The second-order valence-corrected chi connectivity index (χ2v) is 12.6. The first-order valence-electron chi connectivity index (χ1n) is 15.3. The summed E-state index contributed by atoms with van der Waals surface area (Å²) in [6.07, 6.45) is 9.84. The summed E-state index contributed by atoms with van der Waals surface area (Å²) in [5, 5.41) is 23.6. The molecule has 4 aromatic rings. The van der Waals surface area contributed by atoms with E-state index in [9.17, 15) is 23.6 Å². The smallest absolute Gasteiger partial charge is 0.311 e. The summed E-state index contributed by atoms with van der Waals surface area (Å²) in [6.45, 7) is -0.146. The number of pyridine rings is 2. The minimum atomic E-state index is -2.88. The van der Waals surface area contributed by atoms with Crippen molar-refractivity contribution in [3.05, 3.63) is 81.7 Å². The number of hydrogen-bond donors (Lipinski definition) is 2. The van der Waals surface area contributed by atoms with Crippen LogP contribution in [-0.4, -0.2) is 35.8 Å². The van der Waals surface area contributed by atoms with Crippen LogP contribution in [0.25, 0.3) is 22.5 Å². The Labute approximate surface area is 258 Å². The fourth-order valence-electron chi connectivity index (χ4n) is 5.92. The number of benzene rings is 1. The molecule has 0 atom stereocenters. The molecular formula is C33H32F2N8O2. The average molecular weight is 611 g/mol. The normalized spacial score (nSPS) is 17.1. The van der Waals surface area contributed by atoms with Gasteiger partial charge in [0.25, 0.3) is 11.5 Å². The van der Waals surface area contributed by atoms with Crippen LogP contribution in [-0.2, 0) is 6.54 Å². The van der Waals surface area contributed by atoms with E-state index in [2.05, 4.69) is 33.8 Å². The van der Waals surface area contributed by atoms with Crippen LogP contribution in [0.5, 0.6) is 0 Å². The Morgan fingerprint density at radius 3 is 2.60 bits per heavy atom. The Hall–Kier alpha value is -4.76. The summed E-state index contributed by atoms with van der Waals surface area (Å²) < 4.78 is 29.9. The van der Waals surface area contributed by atoms with E-state index in [1.165, 1.54) is 12.5 Å². The quantitative estimate of drug-likeness (QED) is 0.228. The van der Waals surface area contributed by atoms with Gasteiger partial charge in [-0.2, -0.15) is 14.0 Å². The van der Waals surface area contributed by atoms with Crippen molar-refractivity contribution in [2.45, 2.75) is 82.5 Å². The maximum Gasteiger partial charge on any atom is 0.321 e. The van der Waals surface area contributed by atoms with Crippen LogP contribution < -0.4 is 16.2 Å². The van der Waals surface area contributed by atoms with Gasteiger partial charge in [0.15, 0.2) is 5.82 Å². The Balaban J connectivity index is 1.25. The Kier molecular flexibility index (Phi) is 7.28. The third kappa shape index (κ3) is 5.88. The zero-order valence-corrected chi connectivity index (χ0v) is 24.8. The molecule has 1 amide bonds. The van der Waals surface area contributed by atoms with Crippen molar-refractivity contribution in [3.8, 4) is 28.6 Å². The largest absolute Gasteiger partial charge is 0.321 e. The lowest BCUT2D eigenvalue weighted by atomic mass is 9.78. The zero-order chi connectivity index (χ0) is 31.3. The van der Waals surface area contributed by atoms with Gasteiger partial charge in [-0.25, -0.2) is 4.98 Å². The second kappa shape index (κ2) is 11.3. The average Bonchev–Trinajstić information content (AvgIpc) is 3.96. The lowest BCUT2D eigenvalue weighted by Crippen LogP contribution is -2.47. The van der Waals surface area contributed by atoms with Crippen molar-refractivity contribution >= 4 is 11.7 Å². The number of nitrogens with zero attached hydrogens (tertiary/aromatic N) is 6. The lowest BCUT2D eigenvalue weighted by Gasteiger charge is -2.39. The number of carbonyl (C=O) groups excluding carboxylic acids is 1. The molecule has 0 radical (unpaired) electrons. The van der Waals surface area contributed by atoms with E-state index in [0.29, 0.717) is 27.8 Å². The van der Waals surface area contributed by atoms with Crippen molar-refractivity contribution in [1.29, 1.82) is 5.26 Å². The molecule has 3 fully saturated rings. The van der Waals surface area contributed by atoms with E-state index in [0.717, 1.165) is 56.1 Å². The van der Waals surface area contributed by atoms with Gasteiger partial charge in [0.05, 0.1) is 11.6 Å². The SMILES string of the molecule is CC1(NCc2cc(C(=O)Nc3cc(-c4ccc(C#N)cc4-c4nncn4C(F)F)cc(C4CC4)n3)c(=O)n(C3CC3)c2)CCC1. The molecule has 0 bridgehead atoms. The molecule has 1 aromatic carbocycles.